The van der Waals surface area contributed by atoms with Crippen LogP contribution in [0, 0.1) is 0 Å². The van der Waals surface area contributed by atoms with Gasteiger partial charge in [0.05, 0.1) is 0 Å². The number of benzene rings is 2. The highest BCUT2D eigenvalue weighted by atomic mass is 31.1. The molecule has 20 heavy (non-hydrogen) atoms. The van der Waals surface area contributed by atoms with Gasteiger partial charge >= 0.3 is 0 Å². The third-order valence-electron chi connectivity index (χ3n) is 3.07. The maximum Gasteiger partial charge on any atom is 0.0390 e. The van der Waals surface area contributed by atoms with Crippen molar-refractivity contribution in [1.29, 1.82) is 0 Å². The largest absolute Gasteiger partial charge is 0.362 e. The van der Waals surface area contributed by atoms with Crippen LogP contribution in [-0.4, -0.2) is 0 Å². The zero-order valence-corrected chi connectivity index (χ0v) is 12.0. The molecule has 3 rings (SSSR count). The number of dihydropyridines is 1. The van der Waals surface area contributed by atoms with Crippen molar-refractivity contribution in [2.75, 3.05) is 0 Å². The standard InChI is InChI=1S/C18H16NP/c1-3-10-17(11-4-1)20(18-12-5-2-6-13-18)15-16-9-7-8-14-19-16/h1-15,19H. The van der Waals surface area contributed by atoms with Gasteiger partial charge in [0.15, 0.2) is 0 Å². The highest BCUT2D eigenvalue weighted by Crippen LogP contribution is 2.36. The Kier molecular flexibility index (Phi) is 4.10. The molecular formula is C18H16NP. The lowest BCUT2D eigenvalue weighted by Gasteiger charge is -2.17. The van der Waals surface area contributed by atoms with E-state index in [2.05, 4.69) is 83.9 Å². The number of nitrogens with one attached hydrogen (secondary N) is 1. The van der Waals surface area contributed by atoms with Crippen LogP contribution in [0.15, 0.2) is 96.6 Å². The molecule has 0 bridgehead atoms. The Morgan fingerprint density at radius 1 is 0.750 bits per heavy atom. The van der Waals surface area contributed by atoms with Crippen molar-refractivity contribution < 1.29 is 0 Å². The molecule has 1 aliphatic heterocycles. The molecular weight excluding hydrogens is 261 g/mol. The summed E-state index contributed by atoms with van der Waals surface area (Å²) in [6, 6.07) is 21.4. The van der Waals surface area contributed by atoms with Crippen LogP contribution in [0.1, 0.15) is 0 Å². The Labute approximate surface area is 121 Å². The number of hydrogen-bond acceptors (Lipinski definition) is 1. The summed E-state index contributed by atoms with van der Waals surface area (Å²) in [5.74, 6) is 2.33. The Balaban J connectivity index is 2.00. The van der Waals surface area contributed by atoms with Gasteiger partial charge in [-0.1, -0.05) is 66.7 Å². The normalized spacial score (nSPS) is 15.6. The molecule has 2 heteroatoms. The minimum Gasteiger partial charge on any atom is -0.362 e. The van der Waals surface area contributed by atoms with E-state index in [-0.39, 0.29) is 0 Å². The fourth-order valence-corrected chi connectivity index (χ4v) is 4.12. The minimum absolute atomic E-state index is 0.483. The van der Waals surface area contributed by atoms with Crippen LogP contribution in [0.4, 0.5) is 0 Å². The molecule has 0 spiro atoms. The van der Waals surface area contributed by atoms with Crippen LogP contribution in [0.5, 0.6) is 0 Å². The summed E-state index contributed by atoms with van der Waals surface area (Å²) in [6.07, 6.45) is 8.15. The Hall–Kier alpha value is -2.11. The summed E-state index contributed by atoms with van der Waals surface area (Å²) in [5.41, 5.74) is 1.16. The van der Waals surface area contributed by atoms with E-state index < -0.39 is 7.92 Å². The van der Waals surface area contributed by atoms with Gasteiger partial charge in [0.2, 0.25) is 0 Å². The van der Waals surface area contributed by atoms with E-state index in [0.717, 1.165) is 5.70 Å². The third kappa shape index (κ3) is 3.07. The van der Waals surface area contributed by atoms with Crippen molar-refractivity contribution in [3.63, 3.8) is 0 Å². The average molecular weight is 277 g/mol. The fraction of sp³-hybridized carbons (Fsp3) is 0. The summed E-state index contributed by atoms with van der Waals surface area (Å²) >= 11 is 0. The van der Waals surface area contributed by atoms with Gasteiger partial charge in [0.1, 0.15) is 0 Å². The van der Waals surface area contributed by atoms with E-state index in [1.165, 1.54) is 10.6 Å². The maximum atomic E-state index is 3.30. The van der Waals surface area contributed by atoms with Gasteiger partial charge in [-0.05, 0) is 36.5 Å². The fourth-order valence-electron chi connectivity index (χ4n) is 2.10. The molecule has 1 aliphatic rings. The number of rotatable bonds is 3. The van der Waals surface area contributed by atoms with Crippen molar-refractivity contribution in [2.24, 2.45) is 0 Å². The molecule has 0 radical (unpaired) electrons. The summed E-state index contributed by atoms with van der Waals surface area (Å²) in [4.78, 5) is 0. The molecule has 0 aromatic heterocycles. The Morgan fingerprint density at radius 2 is 1.35 bits per heavy atom. The molecule has 2 aromatic rings. The van der Waals surface area contributed by atoms with E-state index in [1.54, 1.807) is 0 Å². The van der Waals surface area contributed by atoms with Crippen LogP contribution < -0.4 is 15.9 Å². The number of hydrogen-bond donors (Lipinski definition) is 1. The van der Waals surface area contributed by atoms with E-state index in [4.69, 9.17) is 0 Å². The Bertz CT molecular complexity index is 602. The predicted molar refractivity (Wildman–Crippen MR) is 88.6 cm³/mol. The molecule has 0 atom stereocenters. The van der Waals surface area contributed by atoms with Crippen LogP contribution in [0.25, 0.3) is 0 Å². The van der Waals surface area contributed by atoms with Gasteiger partial charge in [-0.25, -0.2) is 0 Å². The highest BCUT2D eigenvalue weighted by molar-refractivity contribution is 7.75. The molecule has 0 saturated carbocycles. The molecule has 0 saturated heterocycles. The first-order chi connectivity index (χ1) is 9.93. The van der Waals surface area contributed by atoms with Crippen LogP contribution >= 0.6 is 7.92 Å². The van der Waals surface area contributed by atoms with E-state index in [9.17, 15) is 0 Å². The first kappa shape index (κ1) is 12.9. The van der Waals surface area contributed by atoms with Crippen LogP contribution in [0.3, 0.4) is 0 Å². The van der Waals surface area contributed by atoms with Gasteiger partial charge in [-0.3, -0.25) is 0 Å². The molecule has 1 nitrogen and oxygen atoms in total. The zero-order chi connectivity index (χ0) is 13.6. The lowest BCUT2D eigenvalue weighted by molar-refractivity contribution is 1.10. The number of allylic oxidation sites excluding steroid dienone is 3. The summed E-state index contributed by atoms with van der Waals surface area (Å²) in [7, 11) is -0.483. The molecule has 0 fully saturated rings. The van der Waals surface area contributed by atoms with Crippen molar-refractivity contribution in [3.05, 3.63) is 96.6 Å². The van der Waals surface area contributed by atoms with Crippen molar-refractivity contribution in [3.8, 4) is 0 Å². The third-order valence-corrected chi connectivity index (χ3v) is 5.32. The molecule has 1 N–H and O–H groups in total. The second-order valence-corrected chi connectivity index (χ2v) is 6.52. The molecule has 1 heterocycles. The second kappa shape index (κ2) is 6.36. The summed E-state index contributed by atoms with van der Waals surface area (Å²) in [6.45, 7) is 0. The second-order valence-electron chi connectivity index (χ2n) is 4.49. The highest BCUT2D eigenvalue weighted by Gasteiger charge is 2.11. The smallest absolute Gasteiger partial charge is 0.0390 e. The van der Waals surface area contributed by atoms with Crippen LogP contribution in [-0.2, 0) is 0 Å². The summed E-state index contributed by atoms with van der Waals surface area (Å²) < 4.78 is 0. The molecule has 0 amide bonds. The lowest BCUT2D eigenvalue weighted by atomic mass is 10.3. The van der Waals surface area contributed by atoms with Crippen molar-refractivity contribution in [1.82, 2.24) is 5.32 Å². The van der Waals surface area contributed by atoms with Crippen molar-refractivity contribution >= 4 is 18.5 Å². The Morgan fingerprint density at radius 3 is 1.85 bits per heavy atom. The maximum absolute atomic E-state index is 3.30. The van der Waals surface area contributed by atoms with Crippen molar-refractivity contribution in [2.45, 2.75) is 0 Å². The van der Waals surface area contributed by atoms with Gasteiger partial charge in [-0.15, -0.1) is 0 Å². The first-order valence-corrected chi connectivity index (χ1v) is 8.05. The van der Waals surface area contributed by atoms with E-state index in [0.29, 0.717) is 0 Å². The molecule has 2 aromatic carbocycles. The first-order valence-electron chi connectivity index (χ1n) is 6.64. The molecule has 0 aliphatic carbocycles. The van der Waals surface area contributed by atoms with E-state index >= 15 is 0 Å². The summed E-state index contributed by atoms with van der Waals surface area (Å²) in [5, 5.41) is 6.03. The topological polar surface area (TPSA) is 12.0 Å². The van der Waals surface area contributed by atoms with Gasteiger partial charge in [0.25, 0.3) is 0 Å². The quantitative estimate of drug-likeness (QED) is 0.845. The SMILES string of the molecule is C1=CNC(=CP(c2ccccc2)c2ccccc2)C=C1. The minimum atomic E-state index is -0.483. The van der Waals surface area contributed by atoms with Crippen LogP contribution in [0.2, 0.25) is 0 Å². The monoisotopic (exact) mass is 277 g/mol. The molecule has 98 valence electrons. The van der Waals surface area contributed by atoms with Gasteiger partial charge < -0.3 is 5.32 Å². The lowest BCUT2D eigenvalue weighted by Crippen LogP contribution is -2.12. The van der Waals surface area contributed by atoms with Gasteiger partial charge in [-0.2, -0.15) is 0 Å². The average Bonchev–Trinajstić information content (AvgIpc) is 2.55. The predicted octanol–water partition coefficient (Wildman–Crippen LogP) is 3.63. The van der Waals surface area contributed by atoms with Gasteiger partial charge in [0, 0.05) is 11.9 Å². The molecule has 0 unspecified atom stereocenters. The van der Waals surface area contributed by atoms with E-state index in [1.807, 2.05) is 12.3 Å². The zero-order valence-electron chi connectivity index (χ0n) is 11.1.